The molecule has 0 aliphatic carbocycles. The second-order valence-electron chi connectivity index (χ2n) is 7.71. The zero-order valence-electron chi connectivity index (χ0n) is 18.0. The summed E-state index contributed by atoms with van der Waals surface area (Å²) in [5, 5.41) is 0.765. The Bertz CT molecular complexity index is 1150. The average Bonchev–Trinajstić information content (AvgIpc) is 2.94. The SMILES string of the molecule is Cc1sc2nc(SC(C)C(=O)N(C)Cc3cccc(F)c3)n(C(C)C)c(=O)c2c1C. The maximum atomic E-state index is 13.4. The molecule has 0 aliphatic rings. The Kier molecular flexibility index (Phi) is 6.67. The van der Waals surface area contributed by atoms with E-state index in [2.05, 4.69) is 0 Å². The third-order valence-electron chi connectivity index (χ3n) is 5.03. The first-order valence-corrected chi connectivity index (χ1v) is 11.5. The number of benzene rings is 1. The number of hydrogen-bond donors (Lipinski definition) is 0. The quantitative estimate of drug-likeness (QED) is 0.397. The number of halogens is 1. The minimum Gasteiger partial charge on any atom is -0.340 e. The van der Waals surface area contributed by atoms with Gasteiger partial charge in [-0.25, -0.2) is 9.37 Å². The van der Waals surface area contributed by atoms with Gasteiger partial charge in [-0.3, -0.25) is 14.2 Å². The van der Waals surface area contributed by atoms with Gasteiger partial charge in [-0.1, -0.05) is 23.9 Å². The number of aryl methyl sites for hydroxylation is 2. The highest BCUT2D eigenvalue weighted by molar-refractivity contribution is 8.00. The van der Waals surface area contributed by atoms with Crippen molar-refractivity contribution in [3.63, 3.8) is 0 Å². The largest absolute Gasteiger partial charge is 0.340 e. The van der Waals surface area contributed by atoms with Crippen LogP contribution in [0.15, 0.2) is 34.2 Å². The van der Waals surface area contributed by atoms with Crippen molar-refractivity contribution in [1.29, 1.82) is 0 Å². The first kappa shape index (κ1) is 22.5. The van der Waals surface area contributed by atoms with Crippen LogP contribution in [0.3, 0.4) is 0 Å². The van der Waals surface area contributed by atoms with Gasteiger partial charge in [0.05, 0.1) is 10.6 Å². The van der Waals surface area contributed by atoms with Crippen LogP contribution >= 0.6 is 23.1 Å². The number of carbonyl (C=O) groups excluding carboxylic acids is 1. The van der Waals surface area contributed by atoms with E-state index in [1.807, 2.05) is 27.7 Å². The van der Waals surface area contributed by atoms with Crippen molar-refractivity contribution in [2.75, 3.05) is 7.05 Å². The first-order valence-electron chi connectivity index (χ1n) is 9.78. The summed E-state index contributed by atoms with van der Waals surface area (Å²) in [6, 6.07) is 6.15. The van der Waals surface area contributed by atoms with Gasteiger partial charge >= 0.3 is 0 Å². The fraction of sp³-hybridized carbons (Fsp3) is 0.409. The summed E-state index contributed by atoms with van der Waals surface area (Å²) in [5.74, 6) is -0.428. The van der Waals surface area contributed by atoms with E-state index in [0.29, 0.717) is 21.9 Å². The van der Waals surface area contributed by atoms with Crippen LogP contribution in [0.4, 0.5) is 4.39 Å². The smallest absolute Gasteiger partial charge is 0.263 e. The normalized spacial score (nSPS) is 12.5. The lowest BCUT2D eigenvalue weighted by atomic mass is 10.2. The van der Waals surface area contributed by atoms with Crippen molar-refractivity contribution in [3.05, 3.63) is 56.4 Å². The van der Waals surface area contributed by atoms with Gasteiger partial charge in [-0.05, 0) is 57.9 Å². The fourth-order valence-corrected chi connectivity index (χ4v) is 5.56. The molecule has 0 N–H and O–H groups in total. The predicted octanol–water partition coefficient (Wildman–Crippen LogP) is 4.93. The van der Waals surface area contributed by atoms with Gasteiger partial charge in [-0.15, -0.1) is 11.3 Å². The van der Waals surface area contributed by atoms with E-state index in [1.54, 1.807) is 35.6 Å². The molecule has 5 nitrogen and oxygen atoms in total. The monoisotopic (exact) mass is 447 g/mol. The van der Waals surface area contributed by atoms with Crippen LogP contribution in [0.5, 0.6) is 0 Å². The molecule has 3 aromatic rings. The van der Waals surface area contributed by atoms with Gasteiger partial charge < -0.3 is 4.90 Å². The van der Waals surface area contributed by atoms with E-state index < -0.39 is 5.25 Å². The van der Waals surface area contributed by atoms with Crippen LogP contribution in [0.1, 0.15) is 42.8 Å². The van der Waals surface area contributed by atoms with Crippen LogP contribution in [0.2, 0.25) is 0 Å². The van der Waals surface area contributed by atoms with Gasteiger partial charge in [0.25, 0.3) is 5.56 Å². The van der Waals surface area contributed by atoms with Crippen LogP contribution in [0, 0.1) is 19.7 Å². The van der Waals surface area contributed by atoms with Crippen molar-refractivity contribution in [3.8, 4) is 0 Å². The minimum absolute atomic E-state index is 0.0629. The van der Waals surface area contributed by atoms with Crippen molar-refractivity contribution >= 4 is 39.2 Å². The van der Waals surface area contributed by atoms with Crippen LogP contribution < -0.4 is 5.56 Å². The first-order chi connectivity index (χ1) is 14.1. The maximum Gasteiger partial charge on any atom is 0.263 e. The Morgan fingerprint density at radius 3 is 2.63 bits per heavy atom. The fourth-order valence-electron chi connectivity index (χ4n) is 3.33. The molecule has 0 fully saturated rings. The molecule has 0 spiro atoms. The number of aromatic nitrogens is 2. The van der Waals surface area contributed by atoms with Crippen molar-refractivity contribution in [2.45, 2.75) is 57.6 Å². The topological polar surface area (TPSA) is 55.2 Å². The second-order valence-corrected chi connectivity index (χ2v) is 10.2. The standard InChI is InChI=1S/C22H26FN3O2S2/c1-12(2)26-21(28)18-13(3)14(4)29-19(18)24-22(26)30-15(5)20(27)25(6)11-16-8-7-9-17(23)10-16/h7-10,12,15H,11H2,1-6H3. The molecule has 2 aromatic heterocycles. The number of thiophene rings is 1. The van der Waals surface area contributed by atoms with Crippen molar-refractivity contribution in [2.24, 2.45) is 0 Å². The number of nitrogens with zero attached hydrogens (tertiary/aromatic N) is 3. The van der Waals surface area contributed by atoms with E-state index in [9.17, 15) is 14.0 Å². The molecule has 3 rings (SSSR count). The molecule has 0 radical (unpaired) electrons. The third kappa shape index (κ3) is 4.44. The van der Waals surface area contributed by atoms with Crippen LogP contribution in [0.25, 0.3) is 10.2 Å². The third-order valence-corrected chi connectivity index (χ3v) is 7.19. The van der Waals surface area contributed by atoms with Crippen molar-refractivity contribution < 1.29 is 9.18 Å². The van der Waals surface area contributed by atoms with E-state index in [-0.39, 0.29) is 23.3 Å². The molecule has 0 bridgehead atoms. The summed E-state index contributed by atoms with van der Waals surface area (Å²) in [4.78, 5) is 34.2. The van der Waals surface area contributed by atoms with Crippen LogP contribution in [-0.4, -0.2) is 32.7 Å². The Balaban J connectivity index is 1.88. The van der Waals surface area contributed by atoms with Gasteiger partial charge in [0.15, 0.2) is 5.16 Å². The average molecular weight is 448 g/mol. The Morgan fingerprint density at radius 1 is 1.30 bits per heavy atom. The number of hydrogen-bond acceptors (Lipinski definition) is 5. The van der Waals surface area contributed by atoms with E-state index in [1.165, 1.54) is 35.2 Å². The zero-order chi connectivity index (χ0) is 22.2. The molecule has 30 heavy (non-hydrogen) atoms. The van der Waals surface area contributed by atoms with Crippen LogP contribution in [-0.2, 0) is 11.3 Å². The Hall–Kier alpha value is -2.19. The highest BCUT2D eigenvalue weighted by Gasteiger charge is 2.24. The number of thioether (sulfide) groups is 1. The predicted molar refractivity (Wildman–Crippen MR) is 122 cm³/mol. The maximum absolute atomic E-state index is 13.4. The second kappa shape index (κ2) is 8.89. The van der Waals surface area contributed by atoms with Gasteiger partial charge in [-0.2, -0.15) is 0 Å². The zero-order valence-corrected chi connectivity index (χ0v) is 19.7. The minimum atomic E-state index is -0.444. The number of carbonyl (C=O) groups is 1. The molecule has 1 amide bonds. The molecule has 0 saturated carbocycles. The lowest BCUT2D eigenvalue weighted by molar-refractivity contribution is -0.129. The van der Waals surface area contributed by atoms with Crippen molar-refractivity contribution in [1.82, 2.24) is 14.5 Å². The summed E-state index contributed by atoms with van der Waals surface area (Å²) in [6.45, 7) is 9.94. The molecule has 0 aliphatic heterocycles. The summed E-state index contributed by atoms with van der Waals surface area (Å²) >= 11 is 2.79. The molecule has 1 atom stereocenters. The summed E-state index contributed by atoms with van der Waals surface area (Å²) in [7, 11) is 1.70. The van der Waals surface area contributed by atoms with Gasteiger partial charge in [0.2, 0.25) is 5.91 Å². The number of amides is 1. The Morgan fingerprint density at radius 2 is 2.00 bits per heavy atom. The highest BCUT2D eigenvalue weighted by Crippen LogP contribution is 2.31. The molecule has 1 aromatic carbocycles. The van der Waals surface area contributed by atoms with E-state index in [4.69, 9.17) is 4.98 Å². The van der Waals surface area contributed by atoms with Gasteiger partial charge in [0.1, 0.15) is 10.6 Å². The van der Waals surface area contributed by atoms with E-state index >= 15 is 0 Å². The molecule has 8 heteroatoms. The Labute approximate surface area is 183 Å². The summed E-state index contributed by atoms with van der Waals surface area (Å²) in [5.41, 5.74) is 1.63. The number of rotatable bonds is 6. The lowest BCUT2D eigenvalue weighted by Crippen LogP contribution is -2.33. The highest BCUT2D eigenvalue weighted by atomic mass is 32.2. The summed E-state index contributed by atoms with van der Waals surface area (Å²) < 4.78 is 15.1. The lowest BCUT2D eigenvalue weighted by Gasteiger charge is -2.22. The molecule has 160 valence electrons. The molecule has 1 unspecified atom stereocenters. The van der Waals surface area contributed by atoms with E-state index in [0.717, 1.165) is 16.0 Å². The molecular weight excluding hydrogens is 421 g/mol. The molecule has 0 saturated heterocycles. The molecule has 2 heterocycles. The summed E-state index contributed by atoms with van der Waals surface area (Å²) in [6.07, 6.45) is 0. The van der Waals surface area contributed by atoms with Gasteiger partial charge in [0, 0.05) is 24.5 Å². The number of fused-ring (bicyclic) bond motifs is 1. The molecular formula is C22H26FN3O2S2.